The van der Waals surface area contributed by atoms with Gasteiger partial charge < -0.3 is 9.88 Å². The maximum atomic E-state index is 12.4. The molecule has 1 aromatic carbocycles. The molecule has 114 valence electrons. The Kier molecular flexibility index (Phi) is 4.37. The smallest absolute Gasteiger partial charge is 0.272 e. The van der Waals surface area contributed by atoms with Crippen molar-refractivity contribution in [3.63, 3.8) is 0 Å². The van der Waals surface area contributed by atoms with E-state index in [0.29, 0.717) is 12.2 Å². The molecule has 1 aliphatic heterocycles. The second-order valence-corrected chi connectivity index (χ2v) is 5.56. The van der Waals surface area contributed by atoms with E-state index in [9.17, 15) is 4.79 Å². The maximum absolute atomic E-state index is 12.4. The number of fused-ring (bicyclic) bond motifs is 1. The van der Waals surface area contributed by atoms with E-state index in [0.717, 1.165) is 42.9 Å². The number of imidazole rings is 1. The minimum Gasteiger partial charge on any atom is -0.347 e. The van der Waals surface area contributed by atoms with E-state index in [1.807, 2.05) is 30.3 Å². The number of nitrogens with one attached hydrogen (secondary N) is 1. The molecule has 0 fully saturated rings. The van der Waals surface area contributed by atoms with Gasteiger partial charge in [-0.15, -0.1) is 6.58 Å². The highest BCUT2D eigenvalue weighted by Gasteiger charge is 2.23. The first-order valence-electron chi connectivity index (χ1n) is 7.85. The third-order valence-electron chi connectivity index (χ3n) is 4.02. The van der Waals surface area contributed by atoms with Crippen molar-refractivity contribution in [1.29, 1.82) is 0 Å². The van der Waals surface area contributed by atoms with E-state index in [4.69, 9.17) is 0 Å². The lowest BCUT2D eigenvalue weighted by Crippen LogP contribution is -2.25. The molecule has 0 unspecified atom stereocenters. The Hall–Kier alpha value is -2.36. The van der Waals surface area contributed by atoms with Crippen molar-refractivity contribution in [2.75, 3.05) is 6.54 Å². The number of nitrogens with zero attached hydrogens (tertiary/aromatic N) is 2. The summed E-state index contributed by atoms with van der Waals surface area (Å²) in [5, 5.41) is 2.85. The van der Waals surface area contributed by atoms with Crippen LogP contribution in [-0.2, 0) is 13.0 Å². The highest BCUT2D eigenvalue weighted by atomic mass is 16.1. The summed E-state index contributed by atoms with van der Waals surface area (Å²) in [6.07, 6.45) is 6.05. The topological polar surface area (TPSA) is 46.9 Å². The van der Waals surface area contributed by atoms with E-state index in [1.54, 1.807) is 6.08 Å². The zero-order valence-electron chi connectivity index (χ0n) is 12.7. The van der Waals surface area contributed by atoms with Crippen molar-refractivity contribution in [3.05, 3.63) is 54.4 Å². The summed E-state index contributed by atoms with van der Waals surface area (Å²) in [4.78, 5) is 17.1. The van der Waals surface area contributed by atoms with Crippen LogP contribution in [0.2, 0.25) is 0 Å². The number of carbonyl (C=O) groups is 1. The van der Waals surface area contributed by atoms with Gasteiger partial charge in [0.15, 0.2) is 0 Å². The van der Waals surface area contributed by atoms with Crippen LogP contribution in [0.4, 0.5) is 0 Å². The lowest BCUT2D eigenvalue weighted by Gasteiger charge is -2.08. The number of hydrogen-bond donors (Lipinski definition) is 1. The predicted molar refractivity (Wildman–Crippen MR) is 87.7 cm³/mol. The first kappa shape index (κ1) is 14.6. The van der Waals surface area contributed by atoms with Gasteiger partial charge in [0.2, 0.25) is 0 Å². The molecule has 4 heteroatoms. The van der Waals surface area contributed by atoms with Crippen molar-refractivity contribution in [2.45, 2.75) is 32.2 Å². The number of amides is 1. The molecule has 2 aromatic rings. The average molecular weight is 295 g/mol. The molecule has 1 aliphatic rings. The molecule has 0 bridgehead atoms. The van der Waals surface area contributed by atoms with Crippen LogP contribution in [0, 0.1) is 0 Å². The van der Waals surface area contributed by atoms with Crippen LogP contribution < -0.4 is 5.32 Å². The quantitative estimate of drug-likeness (QED) is 0.881. The SMILES string of the molecule is C=CCNC(=O)c1nc(-c2ccccc2)n2c1CCCCC2. The van der Waals surface area contributed by atoms with Crippen LogP contribution >= 0.6 is 0 Å². The third-order valence-corrected chi connectivity index (χ3v) is 4.02. The highest BCUT2D eigenvalue weighted by Crippen LogP contribution is 2.27. The van der Waals surface area contributed by atoms with E-state index >= 15 is 0 Å². The van der Waals surface area contributed by atoms with E-state index in [1.165, 1.54) is 6.42 Å². The molecule has 4 nitrogen and oxygen atoms in total. The monoisotopic (exact) mass is 295 g/mol. The van der Waals surface area contributed by atoms with Crippen molar-refractivity contribution in [2.24, 2.45) is 0 Å². The Morgan fingerprint density at radius 3 is 2.86 bits per heavy atom. The molecule has 1 N–H and O–H groups in total. The maximum Gasteiger partial charge on any atom is 0.272 e. The predicted octanol–water partition coefficient (Wildman–Crippen LogP) is 3.19. The van der Waals surface area contributed by atoms with Crippen LogP contribution in [-0.4, -0.2) is 22.0 Å². The minimum atomic E-state index is -0.104. The van der Waals surface area contributed by atoms with Gasteiger partial charge in [0.25, 0.3) is 5.91 Å². The first-order valence-corrected chi connectivity index (χ1v) is 7.85. The molecule has 0 saturated carbocycles. The van der Waals surface area contributed by atoms with Gasteiger partial charge in [-0.3, -0.25) is 4.79 Å². The molecule has 2 heterocycles. The fraction of sp³-hybridized carbons (Fsp3) is 0.333. The molecule has 0 spiro atoms. The number of hydrogen-bond acceptors (Lipinski definition) is 2. The van der Waals surface area contributed by atoms with Crippen LogP contribution in [0.15, 0.2) is 43.0 Å². The Bertz CT molecular complexity index is 673. The molecule has 22 heavy (non-hydrogen) atoms. The molecular weight excluding hydrogens is 274 g/mol. The molecular formula is C18H21N3O. The van der Waals surface area contributed by atoms with Gasteiger partial charge in [-0.25, -0.2) is 4.98 Å². The van der Waals surface area contributed by atoms with Crippen LogP contribution in [0.1, 0.15) is 35.4 Å². The average Bonchev–Trinajstić information content (AvgIpc) is 2.75. The zero-order valence-corrected chi connectivity index (χ0v) is 12.7. The molecule has 3 rings (SSSR count). The fourth-order valence-electron chi connectivity index (χ4n) is 2.96. The Balaban J connectivity index is 2.05. The highest BCUT2D eigenvalue weighted by molar-refractivity contribution is 5.94. The number of rotatable bonds is 4. The Morgan fingerprint density at radius 2 is 2.09 bits per heavy atom. The number of benzene rings is 1. The summed E-state index contributed by atoms with van der Waals surface area (Å²) in [7, 11) is 0. The lowest BCUT2D eigenvalue weighted by molar-refractivity contribution is 0.0952. The summed E-state index contributed by atoms with van der Waals surface area (Å²) in [5.41, 5.74) is 2.70. The van der Waals surface area contributed by atoms with Crippen LogP contribution in [0.3, 0.4) is 0 Å². The number of carbonyl (C=O) groups excluding carboxylic acids is 1. The summed E-state index contributed by atoms with van der Waals surface area (Å²) >= 11 is 0. The van der Waals surface area contributed by atoms with Gasteiger partial charge >= 0.3 is 0 Å². The van der Waals surface area contributed by atoms with Gasteiger partial charge in [0.1, 0.15) is 11.5 Å². The van der Waals surface area contributed by atoms with Gasteiger partial charge in [-0.1, -0.05) is 42.8 Å². The summed E-state index contributed by atoms with van der Waals surface area (Å²) in [5.74, 6) is 0.800. The zero-order chi connectivity index (χ0) is 15.4. The first-order chi connectivity index (χ1) is 10.8. The summed E-state index contributed by atoms with van der Waals surface area (Å²) < 4.78 is 2.23. The van der Waals surface area contributed by atoms with Gasteiger partial charge in [0.05, 0.1) is 5.69 Å². The van der Waals surface area contributed by atoms with Crippen molar-refractivity contribution in [1.82, 2.24) is 14.9 Å². The largest absolute Gasteiger partial charge is 0.347 e. The molecule has 1 aromatic heterocycles. The standard InChI is InChI=1S/C18H21N3O/c1-2-12-19-18(22)16-15-11-7-4-8-13-21(15)17(20-16)14-9-5-3-6-10-14/h2-3,5-6,9-10H,1,4,7-8,11-13H2,(H,19,22). The minimum absolute atomic E-state index is 0.104. The van der Waals surface area contributed by atoms with E-state index < -0.39 is 0 Å². The Morgan fingerprint density at radius 1 is 1.27 bits per heavy atom. The van der Waals surface area contributed by atoms with Gasteiger partial charge in [0, 0.05) is 18.7 Å². The molecule has 0 aliphatic carbocycles. The normalized spacial score (nSPS) is 14.0. The molecule has 1 amide bonds. The Labute approximate surface area is 130 Å². The van der Waals surface area contributed by atoms with E-state index in [-0.39, 0.29) is 5.91 Å². The third kappa shape index (κ3) is 2.82. The fourth-order valence-corrected chi connectivity index (χ4v) is 2.96. The van der Waals surface area contributed by atoms with Crippen molar-refractivity contribution in [3.8, 4) is 11.4 Å². The van der Waals surface area contributed by atoms with Crippen LogP contribution in [0.25, 0.3) is 11.4 Å². The van der Waals surface area contributed by atoms with Crippen molar-refractivity contribution < 1.29 is 4.79 Å². The van der Waals surface area contributed by atoms with E-state index in [2.05, 4.69) is 21.4 Å². The summed E-state index contributed by atoms with van der Waals surface area (Å²) in [6.45, 7) is 5.04. The molecule has 0 radical (unpaired) electrons. The molecule has 0 saturated heterocycles. The number of aromatic nitrogens is 2. The second kappa shape index (κ2) is 6.60. The molecule has 0 atom stereocenters. The van der Waals surface area contributed by atoms with Gasteiger partial charge in [-0.2, -0.15) is 0 Å². The van der Waals surface area contributed by atoms with Crippen molar-refractivity contribution >= 4 is 5.91 Å². The van der Waals surface area contributed by atoms with Crippen LogP contribution in [0.5, 0.6) is 0 Å². The second-order valence-electron chi connectivity index (χ2n) is 5.56. The lowest BCUT2D eigenvalue weighted by atomic mass is 10.1. The van der Waals surface area contributed by atoms with Gasteiger partial charge in [-0.05, 0) is 19.3 Å². The summed E-state index contributed by atoms with van der Waals surface area (Å²) in [6, 6.07) is 10.1.